The molecule has 15 heavy (non-hydrogen) atoms. The van der Waals surface area contributed by atoms with E-state index in [2.05, 4.69) is 31.5 Å². The Bertz CT molecular complexity index is 356. The van der Waals surface area contributed by atoms with Gasteiger partial charge < -0.3 is 11.1 Å². The van der Waals surface area contributed by atoms with Crippen molar-refractivity contribution in [3.8, 4) is 0 Å². The summed E-state index contributed by atoms with van der Waals surface area (Å²) in [5.74, 6) is 0.456. The number of urea groups is 1. The van der Waals surface area contributed by atoms with Crippen LogP contribution in [0.1, 0.15) is 13.3 Å². The number of nitrogen functional groups attached to an aromatic ring is 1. The first kappa shape index (κ1) is 11.8. The van der Waals surface area contributed by atoms with E-state index in [1.165, 1.54) is 6.20 Å². The summed E-state index contributed by atoms with van der Waals surface area (Å²) in [7, 11) is 0. The molecule has 0 aliphatic carbocycles. The van der Waals surface area contributed by atoms with Crippen LogP contribution in [0.4, 0.5) is 16.3 Å². The molecular weight excluding hydrogens is 260 g/mol. The number of rotatable bonds is 3. The number of pyridine rings is 1. The molecule has 0 aliphatic heterocycles. The minimum Gasteiger partial charge on any atom is -0.397 e. The summed E-state index contributed by atoms with van der Waals surface area (Å²) in [5, 5.41) is 5.29. The number of nitrogens with one attached hydrogen (secondary N) is 2. The van der Waals surface area contributed by atoms with Crippen molar-refractivity contribution >= 4 is 33.5 Å². The third-order valence-electron chi connectivity index (χ3n) is 1.63. The third-order valence-corrected chi connectivity index (χ3v) is 2.23. The van der Waals surface area contributed by atoms with Crippen LogP contribution in [0.5, 0.6) is 0 Å². The normalized spacial score (nSPS) is 9.73. The Morgan fingerprint density at radius 2 is 2.40 bits per heavy atom. The summed E-state index contributed by atoms with van der Waals surface area (Å²) < 4.78 is 0.661. The number of nitrogens with zero attached hydrogens (tertiary/aromatic N) is 1. The maximum Gasteiger partial charge on any atom is 0.320 e. The van der Waals surface area contributed by atoms with Crippen molar-refractivity contribution in [2.75, 3.05) is 17.6 Å². The van der Waals surface area contributed by atoms with Gasteiger partial charge in [-0.3, -0.25) is 5.32 Å². The number of hydrogen-bond acceptors (Lipinski definition) is 3. The van der Waals surface area contributed by atoms with Crippen LogP contribution in [0.15, 0.2) is 16.7 Å². The van der Waals surface area contributed by atoms with Gasteiger partial charge in [0, 0.05) is 6.54 Å². The van der Waals surface area contributed by atoms with Gasteiger partial charge in [-0.25, -0.2) is 9.78 Å². The summed E-state index contributed by atoms with van der Waals surface area (Å²) in [6.45, 7) is 2.62. The van der Waals surface area contributed by atoms with Crippen LogP contribution < -0.4 is 16.4 Å². The number of carbonyl (C=O) groups is 1. The molecule has 4 N–H and O–H groups in total. The molecule has 0 fully saturated rings. The zero-order chi connectivity index (χ0) is 11.3. The number of amides is 2. The molecule has 5 nitrogen and oxygen atoms in total. The van der Waals surface area contributed by atoms with Crippen molar-refractivity contribution in [1.29, 1.82) is 0 Å². The summed E-state index contributed by atoms with van der Waals surface area (Å²) in [5.41, 5.74) is 6.06. The molecule has 1 rings (SSSR count). The Balaban J connectivity index is 2.60. The number of nitrogens with two attached hydrogens (primary N) is 1. The minimum absolute atomic E-state index is 0.269. The van der Waals surface area contributed by atoms with E-state index in [0.29, 0.717) is 22.5 Å². The van der Waals surface area contributed by atoms with Crippen LogP contribution >= 0.6 is 15.9 Å². The van der Waals surface area contributed by atoms with E-state index < -0.39 is 0 Å². The van der Waals surface area contributed by atoms with Gasteiger partial charge in [0.1, 0.15) is 5.82 Å². The van der Waals surface area contributed by atoms with Gasteiger partial charge in [-0.15, -0.1) is 0 Å². The SMILES string of the molecule is CCCNC(=O)Nc1ncc(N)cc1Br. The second-order valence-corrected chi connectivity index (χ2v) is 3.83. The van der Waals surface area contributed by atoms with Crippen LogP contribution in [0.2, 0.25) is 0 Å². The van der Waals surface area contributed by atoms with Gasteiger partial charge in [-0.05, 0) is 28.4 Å². The van der Waals surface area contributed by atoms with Crippen LogP contribution in [0.25, 0.3) is 0 Å². The van der Waals surface area contributed by atoms with Crippen molar-refractivity contribution in [2.24, 2.45) is 0 Å². The zero-order valence-corrected chi connectivity index (χ0v) is 9.97. The highest BCUT2D eigenvalue weighted by atomic mass is 79.9. The molecule has 0 atom stereocenters. The molecule has 0 spiro atoms. The van der Waals surface area contributed by atoms with Gasteiger partial charge in [0.15, 0.2) is 0 Å². The molecule has 1 heterocycles. The van der Waals surface area contributed by atoms with Crippen LogP contribution in [0, 0.1) is 0 Å². The Kier molecular flexibility index (Phi) is 4.36. The van der Waals surface area contributed by atoms with Gasteiger partial charge >= 0.3 is 6.03 Å². The monoisotopic (exact) mass is 272 g/mol. The highest BCUT2D eigenvalue weighted by molar-refractivity contribution is 9.10. The van der Waals surface area contributed by atoms with Crippen LogP contribution in [0.3, 0.4) is 0 Å². The maximum absolute atomic E-state index is 11.3. The lowest BCUT2D eigenvalue weighted by Crippen LogP contribution is -2.29. The number of aromatic nitrogens is 1. The molecule has 6 heteroatoms. The Morgan fingerprint density at radius 3 is 3.00 bits per heavy atom. The summed E-state index contributed by atoms with van der Waals surface area (Å²) in [6, 6.07) is 1.41. The predicted octanol–water partition coefficient (Wildman–Crippen LogP) is 1.96. The lowest BCUT2D eigenvalue weighted by Gasteiger charge is -2.07. The average Bonchev–Trinajstić information content (AvgIpc) is 2.19. The second kappa shape index (κ2) is 5.55. The highest BCUT2D eigenvalue weighted by Gasteiger charge is 2.05. The fourth-order valence-electron chi connectivity index (χ4n) is 0.935. The fourth-order valence-corrected chi connectivity index (χ4v) is 1.40. The maximum atomic E-state index is 11.3. The van der Waals surface area contributed by atoms with Crippen molar-refractivity contribution < 1.29 is 4.79 Å². The topological polar surface area (TPSA) is 80.0 Å². The molecule has 0 bridgehead atoms. The first-order valence-corrected chi connectivity index (χ1v) is 5.38. The molecule has 82 valence electrons. The van der Waals surface area contributed by atoms with Crippen molar-refractivity contribution in [3.05, 3.63) is 16.7 Å². The Morgan fingerprint density at radius 1 is 1.67 bits per heavy atom. The van der Waals surface area contributed by atoms with E-state index >= 15 is 0 Å². The smallest absolute Gasteiger partial charge is 0.320 e. The second-order valence-electron chi connectivity index (χ2n) is 2.98. The van der Waals surface area contributed by atoms with Gasteiger partial charge in [-0.2, -0.15) is 0 Å². The number of anilines is 2. The van der Waals surface area contributed by atoms with Crippen LogP contribution in [-0.4, -0.2) is 17.6 Å². The highest BCUT2D eigenvalue weighted by Crippen LogP contribution is 2.21. The van der Waals surface area contributed by atoms with Gasteiger partial charge in [0.05, 0.1) is 16.4 Å². The largest absolute Gasteiger partial charge is 0.397 e. The van der Waals surface area contributed by atoms with Crippen molar-refractivity contribution in [2.45, 2.75) is 13.3 Å². The number of carbonyl (C=O) groups excluding carboxylic acids is 1. The molecule has 2 amide bonds. The van der Waals surface area contributed by atoms with Gasteiger partial charge in [0.2, 0.25) is 0 Å². The predicted molar refractivity (Wildman–Crippen MR) is 63.7 cm³/mol. The summed E-state index contributed by atoms with van der Waals surface area (Å²) in [4.78, 5) is 15.3. The van der Waals surface area contributed by atoms with Crippen LogP contribution in [-0.2, 0) is 0 Å². The fraction of sp³-hybridized carbons (Fsp3) is 0.333. The van der Waals surface area contributed by atoms with E-state index in [9.17, 15) is 4.79 Å². The first-order valence-electron chi connectivity index (χ1n) is 4.59. The lowest BCUT2D eigenvalue weighted by molar-refractivity contribution is 0.252. The molecule has 0 radical (unpaired) electrons. The van der Waals surface area contributed by atoms with E-state index in [1.54, 1.807) is 6.07 Å². The molecule has 1 aromatic rings. The van der Waals surface area contributed by atoms with Gasteiger partial charge in [-0.1, -0.05) is 6.92 Å². The van der Waals surface area contributed by atoms with E-state index in [-0.39, 0.29) is 6.03 Å². The third kappa shape index (κ3) is 3.75. The first-order chi connectivity index (χ1) is 7.13. The average molecular weight is 273 g/mol. The Labute approximate surface area is 96.6 Å². The quantitative estimate of drug-likeness (QED) is 0.787. The molecule has 1 aromatic heterocycles. The molecule has 0 unspecified atom stereocenters. The summed E-state index contributed by atoms with van der Waals surface area (Å²) >= 11 is 3.26. The number of halogens is 1. The zero-order valence-electron chi connectivity index (χ0n) is 8.38. The Hall–Kier alpha value is -1.30. The van der Waals surface area contributed by atoms with E-state index in [1.807, 2.05) is 6.92 Å². The number of hydrogen-bond donors (Lipinski definition) is 3. The molecular formula is C9H13BrN4O. The van der Waals surface area contributed by atoms with Crippen molar-refractivity contribution in [3.63, 3.8) is 0 Å². The molecule has 0 aliphatic rings. The standard InChI is InChI=1S/C9H13BrN4O/c1-2-3-12-9(15)14-8-7(10)4-6(11)5-13-8/h4-5H,2-3,11H2,1H3,(H2,12,13,14,15). The summed E-state index contributed by atoms with van der Waals surface area (Å²) in [6.07, 6.45) is 2.38. The molecule has 0 aromatic carbocycles. The molecule has 0 saturated heterocycles. The van der Waals surface area contributed by atoms with E-state index in [0.717, 1.165) is 6.42 Å². The van der Waals surface area contributed by atoms with E-state index in [4.69, 9.17) is 5.73 Å². The van der Waals surface area contributed by atoms with Gasteiger partial charge in [0.25, 0.3) is 0 Å². The molecule has 0 saturated carbocycles. The van der Waals surface area contributed by atoms with Crippen molar-refractivity contribution in [1.82, 2.24) is 10.3 Å². The lowest BCUT2D eigenvalue weighted by atomic mass is 10.4. The minimum atomic E-state index is -0.269.